The van der Waals surface area contributed by atoms with Gasteiger partial charge >= 0.3 is 6.03 Å². The zero-order valence-electron chi connectivity index (χ0n) is 13.8. The van der Waals surface area contributed by atoms with Crippen LogP contribution in [-0.4, -0.2) is 17.7 Å². The van der Waals surface area contributed by atoms with Gasteiger partial charge in [-0.25, -0.2) is 4.79 Å². The van der Waals surface area contributed by atoms with E-state index in [0.717, 1.165) is 20.5 Å². The van der Waals surface area contributed by atoms with E-state index in [-0.39, 0.29) is 12.6 Å². The second-order valence-electron chi connectivity index (χ2n) is 6.09. The smallest absolute Gasteiger partial charge is 0.315 e. The number of hydrogen-bond donors (Lipinski definition) is 3. The lowest BCUT2D eigenvalue weighted by Crippen LogP contribution is -2.42. The van der Waals surface area contributed by atoms with Crippen molar-refractivity contribution in [2.45, 2.75) is 19.1 Å². The third kappa shape index (κ3) is 4.51. The molecule has 25 heavy (non-hydrogen) atoms. The van der Waals surface area contributed by atoms with E-state index in [9.17, 15) is 9.90 Å². The summed E-state index contributed by atoms with van der Waals surface area (Å²) in [6, 6.07) is 16.9. The summed E-state index contributed by atoms with van der Waals surface area (Å²) >= 11 is 7.37. The number of aliphatic hydroxyl groups is 1. The lowest BCUT2D eigenvalue weighted by Gasteiger charge is -2.22. The first-order valence-corrected chi connectivity index (χ1v) is 9.11. The highest BCUT2D eigenvalue weighted by Crippen LogP contribution is 2.32. The number of rotatable bonds is 5. The number of urea groups is 1. The van der Waals surface area contributed by atoms with Gasteiger partial charge in [0.2, 0.25) is 0 Å². The summed E-state index contributed by atoms with van der Waals surface area (Å²) in [6.45, 7) is 2.23. The molecule has 3 N–H and O–H groups in total. The molecule has 3 aromatic rings. The van der Waals surface area contributed by atoms with Crippen LogP contribution in [0.25, 0.3) is 10.1 Å². The van der Waals surface area contributed by atoms with Crippen molar-refractivity contribution in [1.29, 1.82) is 0 Å². The molecule has 0 fully saturated rings. The van der Waals surface area contributed by atoms with Gasteiger partial charge in [0.1, 0.15) is 5.60 Å². The SMILES string of the molecule is C[C@@](O)(CNC(=O)NCc1ccc(Cl)cc1)c1cc2ccccc2s1. The standard InChI is InChI=1S/C19H19ClN2O2S/c1-19(24,17-10-14-4-2-3-5-16(14)25-17)12-22-18(23)21-11-13-6-8-15(20)9-7-13/h2-10,24H,11-12H2,1H3,(H2,21,22,23)/t19-/m1/s1. The van der Waals surface area contributed by atoms with E-state index in [1.807, 2.05) is 42.5 Å². The van der Waals surface area contributed by atoms with Crippen LogP contribution in [0.15, 0.2) is 54.6 Å². The van der Waals surface area contributed by atoms with Crippen molar-refractivity contribution in [2.24, 2.45) is 0 Å². The molecule has 0 aliphatic rings. The zero-order valence-corrected chi connectivity index (χ0v) is 15.3. The Kier molecular flexibility index (Phi) is 5.27. The Hall–Kier alpha value is -2.08. The third-order valence-electron chi connectivity index (χ3n) is 3.92. The summed E-state index contributed by atoms with van der Waals surface area (Å²) in [6.07, 6.45) is 0. The number of halogens is 1. The molecule has 0 bridgehead atoms. The maximum atomic E-state index is 12.0. The average Bonchev–Trinajstić information content (AvgIpc) is 3.05. The Morgan fingerprint density at radius 2 is 1.88 bits per heavy atom. The number of benzene rings is 2. The lowest BCUT2D eigenvalue weighted by molar-refractivity contribution is 0.0632. The van der Waals surface area contributed by atoms with Crippen molar-refractivity contribution in [3.05, 3.63) is 70.1 Å². The molecule has 0 saturated carbocycles. The molecule has 1 heterocycles. The number of amides is 2. The fourth-order valence-electron chi connectivity index (χ4n) is 2.43. The lowest BCUT2D eigenvalue weighted by atomic mass is 10.0. The summed E-state index contributed by atoms with van der Waals surface area (Å²) in [5.41, 5.74) is -0.169. The van der Waals surface area contributed by atoms with E-state index in [1.165, 1.54) is 11.3 Å². The van der Waals surface area contributed by atoms with Crippen molar-refractivity contribution in [2.75, 3.05) is 6.54 Å². The first-order chi connectivity index (χ1) is 11.9. The van der Waals surface area contributed by atoms with Crippen LogP contribution in [0.2, 0.25) is 5.02 Å². The Morgan fingerprint density at radius 3 is 2.60 bits per heavy atom. The maximum absolute atomic E-state index is 12.0. The largest absolute Gasteiger partial charge is 0.383 e. The molecule has 2 amide bonds. The zero-order chi connectivity index (χ0) is 17.9. The van der Waals surface area contributed by atoms with Gasteiger partial charge < -0.3 is 15.7 Å². The molecule has 1 aromatic heterocycles. The van der Waals surface area contributed by atoms with Crippen LogP contribution in [-0.2, 0) is 12.1 Å². The van der Waals surface area contributed by atoms with E-state index in [2.05, 4.69) is 10.6 Å². The molecule has 0 aliphatic heterocycles. The molecule has 0 aliphatic carbocycles. The highest BCUT2D eigenvalue weighted by molar-refractivity contribution is 7.19. The Labute approximate surface area is 155 Å². The molecule has 0 radical (unpaired) electrons. The second kappa shape index (κ2) is 7.44. The van der Waals surface area contributed by atoms with Crippen molar-refractivity contribution in [1.82, 2.24) is 10.6 Å². The summed E-state index contributed by atoms with van der Waals surface area (Å²) in [5.74, 6) is 0. The van der Waals surface area contributed by atoms with E-state index < -0.39 is 5.60 Å². The highest BCUT2D eigenvalue weighted by Gasteiger charge is 2.26. The highest BCUT2D eigenvalue weighted by atomic mass is 35.5. The topological polar surface area (TPSA) is 61.4 Å². The quantitative estimate of drug-likeness (QED) is 0.624. The van der Waals surface area contributed by atoms with Gasteiger partial charge in [-0.05, 0) is 42.1 Å². The fraction of sp³-hybridized carbons (Fsp3) is 0.211. The van der Waals surface area contributed by atoms with Crippen molar-refractivity contribution < 1.29 is 9.90 Å². The molecular weight excluding hydrogens is 356 g/mol. The molecular formula is C19H19ClN2O2S. The predicted octanol–water partition coefficient (Wildman–Crippen LogP) is 4.26. The normalized spacial score (nSPS) is 13.4. The summed E-state index contributed by atoms with van der Waals surface area (Å²) in [5, 5.41) is 18.0. The van der Waals surface area contributed by atoms with Gasteiger partial charge in [0, 0.05) is 21.1 Å². The van der Waals surface area contributed by atoms with E-state index in [0.29, 0.717) is 11.6 Å². The Morgan fingerprint density at radius 1 is 1.16 bits per heavy atom. The average molecular weight is 375 g/mol. The third-order valence-corrected chi connectivity index (χ3v) is 5.54. The molecule has 0 spiro atoms. The van der Waals surface area contributed by atoms with E-state index in [1.54, 1.807) is 19.1 Å². The van der Waals surface area contributed by atoms with Gasteiger partial charge in [-0.2, -0.15) is 0 Å². The predicted molar refractivity (Wildman–Crippen MR) is 103 cm³/mol. The van der Waals surface area contributed by atoms with Crippen LogP contribution in [0.5, 0.6) is 0 Å². The summed E-state index contributed by atoms with van der Waals surface area (Å²) < 4.78 is 1.12. The molecule has 130 valence electrons. The minimum absolute atomic E-state index is 0.131. The molecule has 4 nitrogen and oxygen atoms in total. The van der Waals surface area contributed by atoms with Crippen molar-refractivity contribution in [3.8, 4) is 0 Å². The molecule has 0 saturated heterocycles. The monoisotopic (exact) mass is 374 g/mol. The van der Waals surface area contributed by atoms with Crippen LogP contribution >= 0.6 is 22.9 Å². The minimum Gasteiger partial charge on any atom is -0.383 e. The molecule has 6 heteroatoms. The van der Waals surface area contributed by atoms with E-state index >= 15 is 0 Å². The number of fused-ring (bicyclic) bond motifs is 1. The first-order valence-electron chi connectivity index (χ1n) is 7.92. The molecule has 1 atom stereocenters. The molecule has 3 rings (SSSR count). The van der Waals surface area contributed by atoms with Crippen LogP contribution < -0.4 is 10.6 Å². The fourth-order valence-corrected chi connectivity index (χ4v) is 3.67. The minimum atomic E-state index is -1.12. The van der Waals surface area contributed by atoms with Crippen LogP contribution in [0, 0.1) is 0 Å². The van der Waals surface area contributed by atoms with Crippen LogP contribution in [0.3, 0.4) is 0 Å². The Balaban J connectivity index is 1.55. The number of carbonyl (C=O) groups is 1. The summed E-state index contributed by atoms with van der Waals surface area (Å²) in [4.78, 5) is 12.8. The summed E-state index contributed by atoms with van der Waals surface area (Å²) in [7, 11) is 0. The Bertz CT molecular complexity index is 842. The van der Waals surface area contributed by atoms with E-state index in [4.69, 9.17) is 11.6 Å². The van der Waals surface area contributed by atoms with Gasteiger partial charge in [0.05, 0.1) is 6.54 Å². The van der Waals surface area contributed by atoms with Crippen molar-refractivity contribution in [3.63, 3.8) is 0 Å². The number of thiophene rings is 1. The van der Waals surface area contributed by atoms with Crippen molar-refractivity contribution >= 4 is 39.1 Å². The second-order valence-corrected chi connectivity index (χ2v) is 7.61. The number of nitrogens with one attached hydrogen (secondary N) is 2. The van der Waals surface area contributed by atoms with Crippen LogP contribution in [0.4, 0.5) is 4.79 Å². The first kappa shape index (κ1) is 17.7. The number of carbonyl (C=O) groups excluding carboxylic acids is 1. The van der Waals surface area contributed by atoms with Gasteiger partial charge in [-0.15, -0.1) is 11.3 Å². The van der Waals surface area contributed by atoms with Gasteiger partial charge in [-0.3, -0.25) is 0 Å². The van der Waals surface area contributed by atoms with Gasteiger partial charge in [-0.1, -0.05) is 41.9 Å². The molecule has 2 aromatic carbocycles. The number of hydrogen-bond acceptors (Lipinski definition) is 3. The maximum Gasteiger partial charge on any atom is 0.315 e. The van der Waals surface area contributed by atoms with Gasteiger partial charge in [0.15, 0.2) is 0 Å². The van der Waals surface area contributed by atoms with Crippen LogP contribution in [0.1, 0.15) is 17.4 Å². The molecule has 0 unspecified atom stereocenters. The van der Waals surface area contributed by atoms with Gasteiger partial charge in [0.25, 0.3) is 0 Å².